The van der Waals surface area contributed by atoms with E-state index in [1.807, 2.05) is 17.0 Å². The van der Waals surface area contributed by atoms with Crippen molar-refractivity contribution in [3.05, 3.63) is 133 Å². The van der Waals surface area contributed by atoms with Crippen LogP contribution in [0.25, 0.3) is 33.0 Å². The molecular formula is C35H22BNOS. The predicted molar refractivity (Wildman–Crippen MR) is 166 cm³/mol. The first-order valence-corrected chi connectivity index (χ1v) is 14.0. The molecule has 0 aromatic heterocycles. The standard InChI is InChI=1S/C35H22BNOS/c38-35-37-31-22-28(24-13-6-2-7-14-24)27(23-11-4-1-5-12-23)21-30(31)36(26-16-8-3-9-17-26)29-20-19-25-15-10-18-32(39-35)33(25)34(29)37/h1-22H. The van der Waals surface area contributed by atoms with E-state index in [0.717, 1.165) is 43.8 Å². The van der Waals surface area contributed by atoms with Crippen LogP contribution in [0, 0.1) is 0 Å². The fourth-order valence-electron chi connectivity index (χ4n) is 6.27. The molecule has 0 atom stereocenters. The minimum absolute atomic E-state index is 0.00749. The van der Waals surface area contributed by atoms with E-state index >= 15 is 0 Å². The van der Waals surface area contributed by atoms with E-state index in [4.69, 9.17) is 0 Å². The molecule has 0 saturated carbocycles. The molecule has 0 fully saturated rings. The van der Waals surface area contributed by atoms with E-state index in [9.17, 15) is 4.79 Å². The van der Waals surface area contributed by atoms with Crippen LogP contribution in [0.4, 0.5) is 16.2 Å². The van der Waals surface area contributed by atoms with Crippen LogP contribution >= 0.6 is 11.8 Å². The summed E-state index contributed by atoms with van der Waals surface area (Å²) in [6, 6.07) is 47.1. The fraction of sp³-hybridized carbons (Fsp3) is 0. The number of hydrogen-bond acceptors (Lipinski definition) is 2. The summed E-state index contributed by atoms with van der Waals surface area (Å²) in [5.41, 5.74) is 10.1. The lowest BCUT2D eigenvalue weighted by molar-refractivity contribution is 0.267. The van der Waals surface area contributed by atoms with Crippen molar-refractivity contribution < 1.29 is 4.79 Å². The van der Waals surface area contributed by atoms with Crippen molar-refractivity contribution in [1.29, 1.82) is 0 Å². The van der Waals surface area contributed by atoms with Crippen LogP contribution in [0.15, 0.2) is 138 Å². The van der Waals surface area contributed by atoms with Gasteiger partial charge in [0.25, 0.3) is 5.24 Å². The molecule has 39 heavy (non-hydrogen) atoms. The summed E-state index contributed by atoms with van der Waals surface area (Å²) >= 11 is 1.33. The summed E-state index contributed by atoms with van der Waals surface area (Å²) in [7, 11) is 0. The summed E-state index contributed by atoms with van der Waals surface area (Å²) < 4.78 is 0. The number of fused-ring (bicyclic) bond motifs is 2. The normalized spacial score (nSPS) is 13.5. The van der Waals surface area contributed by atoms with E-state index in [1.54, 1.807) is 0 Å². The first-order chi connectivity index (χ1) is 19.3. The molecule has 0 aliphatic carbocycles. The number of carbonyl (C=O) groups is 1. The van der Waals surface area contributed by atoms with Crippen molar-refractivity contribution in [2.24, 2.45) is 0 Å². The van der Waals surface area contributed by atoms with Crippen LogP contribution in [-0.4, -0.2) is 12.0 Å². The van der Waals surface area contributed by atoms with E-state index in [-0.39, 0.29) is 12.0 Å². The Morgan fingerprint density at radius 2 is 1.23 bits per heavy atom. The highest BCUT2D eigenvalue weighted by molar-refractivity contribution is 8.14. The third-order valence-electron chi connectivity index (χ3n) is 7.95. The Labute approximate surface area is 232 Å². The van der Waals surface area contributed by atoms with Crippen LogP contribution in [0.2, 0.25) is 0 Å². The van der Waals surface area contributed by atoms with Crippen LogP contribution in [0.1, 0.15) is 0 Å². The first-order valence-electron chi connectivity index (χ1n) is 13.2. The number of amides is 1. The molecule has 2 aliphatic rings. The van der Waals surface area contributed by atoms with Crippen LogP contribution in [-0.2, 0) is 0 Å². The van der Waals surface area contributed by atoms with E-state index in [0.29, 0.717) is 0 Å². The SMILES string of the molecule is O=C1Sc2cccc3ccc4c(c23)N1c1cc(-c2ccccc2)c(-c2ccccc2)cc1B4c1ccccc1. The third-order valence-corrected chi connectivity index (χ3v) is 8.86. The number of carbonyl (C=O) groups excluding carboxylic acids is 1. The summed E-state index contributed by atoms with van der Waals surface area (Å²) in [6.07, 6.45) is 0. The molecule has 182 valence electrons. The molecule has 0 bridgehead atoms. The van der Waals surface area contributed by atoms with Crippen molar-refractivity contribution in [3.8, 4) is 22.3 Å². The molecule has 4 heteroatoms. The Bertz CT molecular complexity index is 1900. The zero-order valence-electron chi connectivity index (χ0n) is 21.0. The highest BCUT2D eigenvalue weighted by atomic mass is 32.2. The maximum absolute atomic E-state index is 13.9. The molecule has 2 aliphatic heterocycles. The molecule has 0 radical (unpaired) electrons. The topological polar surface area (TPSA) is 20.3 Å². The quantitative estimate of drug-likeness (QED) is 0.230. The molecule has 6 aromatic carbocycles. The number of benzene rings is 6. The van der Waals surface area contributed by atoms with Gasteiger partial charge >= 0.3 is 0 Å². The molecular weight excluding hydrogens is 493 g/mol. The van der Waals surface area contributed by atoms with Gasteiger partial charge in [0.15, 0.2) is 0 Å². The summed E-state index contributed by atoms with van der Waals surface area (Å²) in [4.78, 5) is 16.9. The van der Waals surface area contributed by atoms with Crippen molar-refractivity contribution >= 4 is 62.2 Å². The Balaban J connectivity index is 1.51. The van der Waals surface area contributed by atoms with Crippen molar-refractivity contribution in [3.63, 3.8) is 0 Å². The van der Waals surface area contributed by atoms with Gasteiger partial charge in [0.1, 0.15) is 0 Å². The number of rotatable bonds is 3. The van der Waals surface area contributed by atoms with Crippen molar-refractivity contribution in [2.45, 2.75) is 4.90 Å². The van der Waals surface area contributed by atoms with Gasteiger partial charge in [-0.3, -0.25) is 9.69 Å². The van der Waals surface area contributed by atoms with Gasteiger partial charge in [-0.1, -0.05) is 127 Å². The van der Waals surface area contributed by atoms with Gasteiger partial charge < -0.3 is 0 Å². The zero-order chi connectivity index (χ0) is 25.9. The molecule has 8 rings (SSSR count). The molecule has 2 nitrogen and oxygen atoms in total. The van der Waals surface area contributed by atoms with Crippen LogP contribution in [0.5, 0.6) is 0 Å². The molecule has 0 spiro atoms. The minimum atomic E-state index is 0.00749. The second-order valence-corrected chi connectivity index (χ2v) is 11.1. The molecule has 0 saturated heterocycles. The lowest BCUT2D eigenvalue weighted by Gasteiger charge is -2.39. The highest BCUT2D eigenvalue weighted by Crippen LogP contribution is 2.47. The lowest BCUT2D eigenvalue weighted by Crippen LogP contribution is -2.58. The molecule has 0 unspecified atom stereocenters. The van der Waals surface area contributed by atoms with Crippen molar-refractivity contribution in [2.75, 3.05) is 4.90 Å². The number of anilines is 2. The van der Waals surface area contributed by atoms with Gasteiger partial charge in [0.05, 0.1) is 5.69 Å². The highest BCUT2D eigenvalue weighted by Gasteiger charge is 2.41. The third kappa shape index (κ3) is 3.42. The predicted octanol–water partition coefficient (Wildman–Crippen LogP) is 7.37. The maximum atomic E-state index is 13.9. The minimum Gasteiger partial charge on any atom is -0.272 e. The second-order valence-electron chi connectivity index (χ2n) is 10.1. The molecule has 2 heterocycles. The van der Waals surface area contributed by atoms with Crippen LogP contribution < -0.4 is 21.3 Å². The van der Waals surface area contributed by atoms with Gasteiger partial charge in [0.2, 0.25) is 6.71 Å². The zero-order valence-corrected chi connectivity index (χ0v) is 21.9. The molecule has 1 amide bonds. The maximum Gasteiger partial charge on any atom is 0.295 e. The fourth-order valence-corrected chi connectivity index (χ4v) is 7.20. The second kappa shape index (κ2) is 8.76. The van der Waals surface area contributed by atoms with Crippen LogP contribution in [0.3, 0.4) is 0 Å². The lowest BCUT2D eigenvalue weighted by atomic mass is 9.35. The first kappa shape index (κ1) is 22.4. The monoisotopic (exact) mass is 515 g/mol. The summed E-state index contributed by atoms with van der Waals surface area (Å²) in [6.45, 7) is 0.00749. The average Bonchev–Trinajstić information content (AvgIpc) is 3.00. The molecule has 6 aromatic rings. The molecule has 0 N–H and O–H groups in total. The summed E-state index contributed by atoms with van der Waals surface area (Å²) in [5.74, 6) is 0. The Morgan fingerprint density at radius 1 is 0.590 bits per heavy atom. The number of nitrogens with zero attached hydrogens (tertiary/aromatic N) is 1. The Kier molecular flexibility index (Phi) is 5.04. The van der Waals surface area contributed by atoms with Gasteiger partial charge in [-0.15, -0.1) is 0 Å². The van der Waals surface area contributed by atoms with Gasteiger partial charge in [-0.05, 0) is 62.5 Å². The largest absolute Gasteiger partial charge is 0.295 e. The summed E-state index contributed by atoms with van der Waals surface area (Å²) in [5, 5.41) is 2.37. The Hall–Kier alpha value is -4.54. The van der Waals surface area contributed by atoms with Crippen molar-refractivity contribution in [1.82, 2.24) is 0 Å². The van der Waals surface area contributed by atoms with Gasteiger partial charge in [0, 0.05) is 16.0 Å². The van der Waals surface area contributed by atoms with E-state index in [1.165, 1.54) is 33.6 Å². The smallest absolute Gasteiger partial charge is 0.272 e. The average molecular weight is 515 g/mol. The van der Waals surface area contributed by atoms with E-state index < -0.39 is 0 Å². The van der Waals surface area contributed by atoms with E-state index in [2.05, 4.69) is 121 Å². The van der Waals surface area contributed by atoms with Gasteiger partial charge in [-0.25, -0.2) is 0 Å². The number of hydrogen-bond donors (Lipinski definition) is 0. The van der Waals surface area contributed by atoms with Gasteiger partial charge in [-0.2, -0.15) is 0 Å². The Morgan fingerprint density at radius 3 is 1.92 bits per heavy atom. The number of thioether (sulfide) groups is 1.